The molecule has 0 saturated heterocycles. The van der Waals surface area contributed by atoms with E-state index in [0.717, 1.165) is 0 Å². The fourth-order valence-corrected chi connectivity index (χ4v) is 2.28. The van der Waals surface area contributed by atoms with E-state index in [2.05, 4.69) is 41.4 Å². The van der Waals surface area contributed by atoms with E-state index in [1.54, 1.807) is 17.9 Å². The lowest BCUT2D eigenvalue weighted by molar-refractivity contribution is 0.692. The van der Waals surface area contributed by atoms with Crippen molar-refractivity contribution in [1.29, 1.82) is 0 Å². The van der Waals surface area contributed by atoms with Crippen LogP contribution < -0.4 is 16.8 Å². The van der Waals surface area contributed by atoms with Crippen molar-refractivity contribution in [2.75, 3.05) is 5.43 Å². The number of aromatic nitrogens is 6. The molecule has 0 radical (unpaired) electrons. The van der Waals surface area contributed by atoms with Crippen molar-refractivity contribution in [3.63, 3.8) is 0 Å². The summed E-state index contributed by atoms with van der Waals surface area (Å²) in [6.07, 6.45) is 4.50. The Morgan fingerprint density at radius 3 is 2.95 bits per heavy atom. The number of nitrogens with two attached hydrogens (primary N) is 1. The highest BCUT2D eigenvalue weighted by atomic mass is 79.9. The Bertz CT molecular complexity index is 870. The minimum atomic E-state index is -0.207. The van der Waals surface area contributed by atoms with Crippen LogP contribution in [0.15, 0.2) is 28.0 Å². The minimum absolute atomic E-state index is 0.182. The first-order valence-corrected chi connectivity index (χ1v) is 6.74. The first-order valence-electron chi connectivity index (χ1n) is 5.95. The molecule has 0 aromatic carbocycles. The molecule has 0 spiro atoms. The number of hydrazine groups is 1. The summed E-state index contributed by atoms with van der Waals surface area (Å²) in [5, 5.41) is 4.83. The summed E-state index contributed by atoms with van der Waals surface area (Å²) in [5.41, 5.74) is 2.94. The van der Waals surface area contributed by atoms with E-state index in [4.69, 9.17) is 5.84 Å². The first-order chi connectivity index (χ1) is 10.1. The predicted octanol–water partition coefficient (Wildman–Crippen LogP) is 0.0164. The van der Waals surface area contributed by atoms with E-state index in [1.807, 2.05) is 0 Å². The number of hydrogen-bond acceptors (Lipinski definition) is 7. The van der Waals surface area contributed by atoms with Gasteiger partial charge in [-0.3, -0.25) is 14.0 Å². The third-order valence-electron chi connectivity index (χ3n) is 2.95. The van der Waals surface area contributed by atoms with Crippen LogP contribution in [-0.2, 0) is 13.6 Å². The molecule has 3 rings (SSSR count). The number of rotatable bonds is 3. The lowest BCUT2D eigenvalue weighted by atomic mass is 10.4. The quantitative estimate of drug-likeness (QED) is 0.505. The molecular weight excluding hydrogens is 340 g/mol. The Balaban J connectivity index is 2.10. The van der Waals surface area contributed by atoms with Crippen molar-refractivity contribution in [3.05, 3.63) is 39.4 Å². The van der Waals surface area contributed by atoms with Gasteiger partial charge < -0.3 is 5.43 Å². The molecule has 0 fully saturated rings. The van der Waals surface area contributed by atoms with Gasteiger partial charge in [-0.25, -0.2) is 20.8 Å². The van der Waals surface area contributed by atoms with Crippen molar-refractivity contribution in [2.24, 2.45) is 12.9 Å². The number of fused-ring (bicyclic) bond motifs is 1. The number of nitrogen functional groups attached to an aromatic ring is 1. The Hall–Kier alpha value is -2.33. The summed E-state index contributed by atoms with van der Waals surface area (Å²) in [5.74, 6) is 6.36. The Labute approximate surface area is 126 Å². The van der Waals surface area contributed by atoms with Gasteiger partial charge in [0, 0.05) is 13.2 Å². The Morgan fingerprint density at radius 2 is 2.19 bits per heavy atom. The van der Waals surface area contributed by atoms with Crippen LogP contribution in [0.3, 0.4) is 0 Å². The SMILES string of the molecule is Cn1ncc2c(NN)nc(Cn3cncc(Br)c3=O)nc21. The van der Waals surface area contributed by atoms with Crippen molar-refractivity contribution < 1.29 is 0 Å². The molecule has 0 aliphatic heterocycles. The number of hydrogen-bond donors (Lipinski definition) is 2. The molecular formula is C11H11BrN8O. The summed E-state index contributed by atoms with van der Waals surface area (Å²) in [7, 11) is 1.77. The van der Waals surface area contributed by atoms with Crippen LogP contribution in [-0.4, -0.2) is 29.3 Å². The van der Waals surface area contributed by atoms with E-state index in [0.29, 0.717) is 27.1 Å². The van der Waals surface area contributed by atoms with Crippen LogP contribution in [0, 0.1) is 0 Å². The average Bonchev–Trinajstić information content (AvgIpc) is 2.85. The van der Waals surface area contributed by atoms with Crippen molar-refractivity contribution in [3.8, 4) is 0 Å². The second kappa shape index (κ2) is 5.22. The third kappa shape index (κ3) is 2.38. The zero-order valence-corrected chi connectivity index (χ0v) is 12.6. The summed E-state index contributed by atoms with van der Waals surface area (Å²) in [4.78, 5) is 24.6. The molecule has 0 saturated carbocycles. The van der Waals surface area contributed by atoms with Crippen LogP contribution >= 0.6 is 15.9 Å². The molecule has 108 valence electrons. The summed E-state index contributed by atoms with van der Waals surface area (Å²) in [6.45, 7) is 0.182. The highest BCUT2D eigenvalue weighted by Gasteiger charge is 2.12. The zero-order chi connectivity index (χ0) is 15.0. The Morgan fingerprint density at radius 1 is 1.38 bits per heavy atom. The van der Waals surface area contributed by atoms with Gasteiger partial charge in [-0.1, -0.05) is 0 Å². The van der Waals surface area contributed by atoms with Crippen LogP contribution in [0.4, 0.5) is 5.82 Å². The van der Waals surface area contributed by atoms with E-state index >= 15 is 0 Å². The number of anilines is 1. The van der Waals surface area contributed by atoms with Gasteiger partial charge in [-0.15, -0.1) is 0 Å². The molecule has 0 amide bonds. The molecule has 9 nitrogen and oxygen atoms in total. The first kappa shape index (κ1) is 13.6. The molecule has 3 aromatic heterocycles. The fraction of sp³-hybridized carbons (Fsp3) is 0.182. The number of aryl methyl sites for hydroxylation is 1. The molecule has 0 unspecified atom stereocenters. The largest absolute Gasteiger partial charge is 0.308 e. The zero-order valence-electron chi connectivity index (χ0n) is 11.0. The van der Waals surface area contributed by atoms with Crippen LogP contribution in [0.5, 0.6) is 0 Å². The molecule has 0 bridgehead atoms. The predicted molar refractivity (Wildman–Crippen MR) is 79.4 cm³/mol. The lowest BCUT2D eigenvalue weighted by Crippen LogP contribution is -2.23. The van der Waals surface area contributed by atoms with Gasteiger partial charge in [0.2, 0.25) is 0 Å². The van der Waals surface area contributed by atoms with Gasteiger partial charge >= 0.3 is 0 Å². The van der Waals surface area contributed by atoms with E-state index < -0.39 is 0 Å². The van der Waals surface area contributed by atoms with Gasteiger partial charge in [0.1, 0.15) is 4.47 Å². The van der Waals surface area contributed by atoms with Gasteiger partial charge in [-0.2, -0.15) is 5.10 Å². The molecule has 3 heterocycles. The maximum Gasteiger partial charge on any atom is 0.268 e. The second-order valence-corrected chi connectivity index (χ2v) is 5.17. The highest BCUT2D eigenvalue weighted by Crippen LogP contribution is 2.18. The summed E-state index contributed by atoms with van der Waals surface area (Å²) >= 11 is 3.15. The smallest absolute Gasteiger partial charge is 0.268 e. The maximum absolute atomic E-state index is 12.0. The van der Waals surface area contributed by atoms with Crippen molar-refractivity contribution >= 4 is 32.8 Å². The van der Waals surface area contributed by atoms with Crippen molar-refractivity contribution in [2.45, 2.75) is 6.54 Å². The second-order valence-electron chi connectivity index (χ2n) is 4.31. The normalized spacial score (nSPS) is 11.0. The van der Waals surface area contributed by atoms with Crippen molar-refractivity contribution in [1.82, 2.24) is 29.3 Å². The maximum atomic E-state index is 12.0. The lowest BCUT2D eigenvalue weighted by Gasteiger charge is -2.07. The minimum Gasteiger partial charge on any atom is -0.308 e. The van der Waals surface area contributed by atoms with Crippen LogP contribution in [0.2, 0.25) is 0 Å². The van der Waals surface area contributed by atoms with Gasteiger partial charge in [0.05, 0.1) is 24.5 Å². The van der Waals surface area contributed by atoms with Crippen LogP contribution in [0.25, 0.3) is 11.0 Å². The number of halogens is 1. The molecule has 0 atom stereocenters. The van der Waals surface area contributed by atoms with E-state index in [-0.39, 0.29) is 12.1 Å². The fourth-order valence-electron chi connectivity index (χ4n) is 1.94. The number of nitrogens with zero attached hydrogens (tertiary/aromatic N) is 6. The highest BCUT2D eigenvalue weighted by molar-refractivity contribution is 9.10. The Kier molecular flexibility index (Phi) is 3.39. The van der Waals surface area contributed by atoms with Gasteiger partial charge in [-0.05, 0) is 15.9 Å². The monoisotopic (exact) mass is 350 g/mol. The third-order valence-corrected chi connectivity index (χ3v) is 3.49. The van der Waals surface area contributed by atoms with E-state index in [9.17, 15) is 4.79 Å². The average molecular weight is 351 g/mol. The summed E-state index contributed by atoms with van der Waals surface area (Å²) < 4.78 is 3.40. The molecule has 0 aliphatic carbocycles. The molecule has 10 heteroatoms. The molecule has 3 aromatic rings. The molecule has 21 heavy (non-hydrogen) atoms. The number of nitrogens with one attached hydrogen (secondary N) is 1. The topological polar surface area (TPSA) is 117 Å². The van der Waals surface area contributed by atoms with E-state index in [1.165, 1.54) is 17.1 Å². The molecule has 0 aliphatic rings. The van der Waals surface area contributed by atoms with Crippen LogP contribution in [0.1, 0.15) is 5.82 Å². The summed E-state index contributed by atoms with van der Waals surface area (Å²) in [6, 6.07) is 0. The van der Waals surface area contributed by atoms with Gasteiger partial charge in [0.15, 0.2) is 17.3 Å². The van der Waals surface area contributed by atoms with Gasteiger partial charge in [0.25, 0.3) is 5.56 Å². The standard InChI is InChI=1S/C11H11BrN8O/c1-19-10-6(2-15-19)9(18-13)16-8(17-10)4-20-5-14-3-7(12)11(20)21/h2-3,5H,4,13H2,1H3,(H,16,17,18). The molecule has 3 N–H and O–H groups in total.